The van der Waals surface area contributed by atoms with Crippen molar-refractivity contribution in [3.63, 3.8) is 0 Å². The molecule has 8 heteroatoms. The van der Waals surface area contributed by atoms with Gasteiger partial charge in [0.25, 0.3) is 5.91 Å². The fraction of sp³-hybridized carbons (Fsp3) is 0.323. The summed E-state index contributed by atoms with van der Waals surface area (Å²) in [4.78, 5) is 13.2. The van der Waals surface area contributed by atoms with Gasteiger partial charge in [0, 0.05) is 24.0 Å². The lowest BCUT2D eigenvalue weighted by Gasteiger charge is -2.19. The number of amides is 1. The molecule has 5 nitrogen and oxygen atoms in total. The number of nitrogens with two attached hydrogens (primary N) is 1. The maximum absolute atomic E-state index is 13.3. The molecule has 0 fully saturated rings. The molecule has 5 N–H and O–H groups in total. The third-order valence-electron chi connectivity index (χ3n) is 5.86. The van der Waals surface area contributed by atoms with E-state index < -0.39 is 17.7 Å². The van der Waals surface area contributed by atoms with Crippen LogP contribution in [0.5, 0.6) is 0 Å². The summed E-state index contributed by atoms with van der Waals surface area (Å²) in [5.74, 6) is -0.177. The molecule has 0 aromatic heterocycles. The van der Waals surface area contributed by atoms with Crippen LogP contribution in [0.4, 0.5) is 18.9 Å². The number of anilines is 1. The molecule has 0 heterocycles. The molecule has 39 heavy (non-hydrogen) atoms. The van der Waals surface area contributed by atoms with Gasteiger partial charge >= 0.3 is 6.18 Å². The number of carbonyl (C=O) groups is 1. The van der Waals surface area contributed by atoms with Crippen molar-refractivity contribution >= 4 is 11.6 Å². The summed E-state index contributed by atoms with van der Waals surface area (Å²) in [6.45, 7) is 10.3. The summed E-state index contributed by atoms with van der Waals surface area (Å²) in [7, 11) is 0. The summed E-state index contributed by atoms with van der Waals surface area (Å²) < 4.78 is 39.9. The second-order valence-corrected chi connectivity index (χ2v) is 9.56. The molecular formula is C31H39F3N4O. The van der Waals surface area contributed by atoms with Crippen LogP contribution in [-0.4, -0.2) is 18.6 Å². The molecule has 0 aliphatic carbocycles. The smallest absolute Gasteiger partial charge is 0.351 e. The van der Waals surface area contributed by atoms with Crippen LogP contribution in [0.2, 0.25) is 0 Å². The third kappa shape index (κ3) is 11.3. The van der Waals surface area contributed by atoms with Crippen molar-refractivity contribution in [2.45, 2.75) is 52.4 Å². The van der Waals surface area contributed by atoms with Crippen molar-refractivity contribution in [1.29, 1.82) is 0 Å². The van der Waals surface area contributed by atoms with Crippen LogP contribution in [0.25, 0.3) is 0 Å². The van der Waals surface area contributed by atoms with Crippen LogP contribution in [-0.2, 0) is 11.3 Å². The number of allylic oxidation sites excluding steroid dienone is 4. The highest BCUT2D eigenvalue weighted by atomic mass is 19.4. The minimum atomic E-state index is -4.68. The van der Waals surface area contributed by atoms with Gasteiger partial charge in [0.1, 0.15) is 5.70 Å². The zero-order valence-electron chi connectivity index (χ0n) is 22.8. The van der Waals surface area contributed by atoms with Crippen molar-refractivity contribution in [3.05, 3.63) is 114 Å². The molecule has 0 saturated heterocycles. The van der Waals surface area contributed by atoms with E-state index in [1.54, 1.807) is 43.3 Å². The minimum Gasteiger partial charge on any atom is -0.351 e. The molecule has 2 aromatic rings. The Balaban J connectivity index is 2.31. The van der Waals surface area contributed by atoms with Gasteiger partial charge in [-0.15, -0.1) is 0 Å². The average molecular weight is 541 g/mol. The molecule has 1 amide bonds. The first kappa shape index (κ1) is 31.6. The van der Waals surface area contributed by atoms with Crippen LogP contribution in [0.3, 0.4) is 0 Å². The maximum Gasteiger partial charge on any atom is 0.415 e. The number of hydrogen-bond acceptors (Lipinski definition) is 4. The SMILES string of the molecule is C=C(/C=C(\Nc1cccc(CN)c1)C(=O)NC(/C=C\C)=C/CC(NCCC(C)C)c1ccccc1)C(F)(F)F. The minimum absolute atomic E-state index is 0.000689. The van der Waals surface area contributed by atoms with Crippen molar-refractivity contribution in [2.24, 2.45) is 11.7 Å². The zero-order valence-corrected chi connectivity index (χ0v) is 22.8. The van der Waals surface area contributed by atoms with Gasteiger partial charge in [-0.05, 0) is 67.6 Å². The monoisotopic (exact) mass is 540 g/mol. The first-order valence-corrected chi connectivity index (χ1v) is 13.0. The largest absolute Gasteiger partial charge is 0.415 e. The molecule has 2 aromatic carbocycles. The number of rotatable bonds is 14. The van der Waals surface area contributed by atoms with E-state index in [1.165, 1.54) is 0 Å². The normalized spacial score (nSPS) is 13.5. The molecule has 210 valence electrons. The summed E-state index contributed by atoms with van der Waals surface area (Å²) in [5, 5.41) is 9.13. The summed E-state index contributed by atoms with van der Waals surface area (Å²) in [6, 6.07) is 16.8. The first-order valence-electron chi connectivity index (χ1n) is 13.0. The second-order valence-electron chi connectivity index (χ2n) is 9.56. The topological polar surface area (TPSA) is 79.2 Å². The fourth-order valence-corrected chi connectivity index (χ4v) is 3.70. The Morgan fingerprint density at radius 3 is 2.44 bits per heavy atom. The van der Waals surface area contributed by atoms with Crippen molar-refractivity contribution in [3.8, 4) is 0 Å². The predicted molar refractivity (Wildman–Crippen MR) is 154 cm³/mol. The fourth-order valence-electron chi connectivity index (χ4n) is 3.70. The van der Waals surface area contributed by atoms with E-state index in [0.717, 1.165) is 24.1 Å². The predicted octanol–water partition coefficient (Wildman–Crippen LogP) is 6.90. The van der Waals surface area contributed by atoms with Gasteiger partial charge in [0.15, 0.2) is 0 Å². The van der Waals surface area contributed by atoms with Crippen LogP contribution in [0.15, 0.2) is 102 Å². The van der Waals surface area contributed by atoms with E-state index >= 15 is 0 Å². The lowest BCUT2D eigenvalue weighted by Crippen LogP contribution is -2.28. The number of halogens is 3. The van der Waals surface area contributed by atoms with Crippen molar-refractivity contribution in [1.82, 2.24) is 10.6 Å². The average Bonchev–Trinajstić information content (AvgIpc) is 2.90. The lowest BCUT2D eigenvalue weighted by molar-refractivity contribution is -0.116. The third-order valence-corrected chi connectivity index (χ3v) is 5.86. The molecule has 0 aliphatic rings. The molecular weight excluding hydrogens is 501 g/mol. The lowest BCUT2D eigenvalue weighted by atomic mass is 10.0. The standard InChI is InChI=1S/C31H39F3N4O/c1-5-10-26(15-16-28(36-18-17-22(2)3)25-12-7-6-8-13-25)38-30(39)29(19-23(4)31(32,33)34)37-27-14-9-11-24(20-27)21-35/h5-15,19-20,22,28,36-37H,4,16-18,21,35H2,1-3H3,(H,38,39)/b10-5-,26-15+,29-19-. The summed E-state index contributed by atoms with van der Waals surface area (Å²) >= 11 is 0. The molecule has 0 saturated carbocycles. The number of nitrogens with one attached hydrogen (secondary N) is 3. The quantitative estimate of drug-likeness (QED) is 0.155. The van der Waals surface area contributed by atoms with Crippen LogP contribution in [0, 0.1) is 5.92 Å². The number of carbonyl (C=O) groups excluding carboxylic acids is 1. The van der Waals surface area contributed by atoms with Crippen molar-refractivity contribution in [2.75, 3.05) is 11.9 Å². The molecule has 0 radical (unpaired) electrons. The van der Waals surface area contributed by atoms with Crippen LogP contribution < -0.4 is 21.7 Å². The van der Waals surface area contributed by atoms with E-state index in [4.69, 9.17) is 5.73 Å². The first-order chi connectivity index (χ1) is 18.5. The molecule has 1 atom stereocenters. The molecule has 0 spiro atoms. The molecule has 1 unspecified atom stereocenters. The highest BCUT2D eigenvalue weighted by molar-refractivity contribution is 5.98. The highest BCUT2D eigenvalue weighted by Crippen LogP contribution is 2.26. The van der Waals surface area contributed by atoms with Gasteiger partial charge < -0.3 is 21.7 Å². The van der Waals surface area contributed by atoms with E-state index in [1.807, 2.05) is 36.4 Å². The Kier molecular flexibility index (Phi) is 12.7. The maximum atomic E-state index is 13.3. The van der Waals surface area contributed by atoms with Gasteiger partial charge in [0.05, 0.1) is 5.57 Å². The van der Waals surface area contributed by atoms with Gasteiger partial charge in [-0.25, -0.2) is 0 Å². The van der Waals surface area contributed by atoms with Gasteiger partial charge in [-0.1, -0.05) is 75.0 Å². The zero-order chi connectivity index (χ0) is 28.8. The van der Waals surface area contributed by atoms with E-state index in [2.05, 4.69) is 36.4 Å². The molecule has 2 rings (SSSR count). The Morgan fingerprint density at radius 2 is 1.82 bits per heavy atom. The van der Waals surface area contributed by atoms with Gasteiger partial charge in [-0.2, -0.15) is 13.2 Å². The van der Waals surface area contributed by atoms with E-state index in [-0.39, 0.29) is 18.3 Å². The molecule has 0 bridgehead atoms. The Labute approximate surface area is 229 Å². The van der Waals surface area contributed by atoms with E-state index in [9.17, 15) is 18.0 Å². The van der Waals surface area contributed by atoms with E-state index in [0.29, 0.717) is 29.8 Å². The van der Waals surface area contributed by atoms with Gasteiger partial charge in [-0.3, -0.25) is 4.79 Å². The van der Waals surface area contributed by atoms with Crippen molar-refractivity contribution < 1.29 is 18.0 Å². The molecule has 0 aliphatic heterocycles. The van der Waals surface area contributed by atoms with Crippen LogP contribution >= 0.6 is 0 Å². The van der Waals surface area contributed by atoms with Crippen LogP contribution in [0.1, 0.15) is 50.8 Å². The highest BCUT2D eigenvalue weighted by Gasteiger charge is 2.31. The van der Waals surface area contributed by atoms with Gasteiger partial charge in [0.2, 0.25) is 0 Å². The number of benzene rings is 2. The Hall–Kier alpha value is -3.62. The Bertz CT molecular complexity index is 1170. The summed E-state index contributed by atoms with van der Waals surface area (Å²) in [5.41, 5.74) is 7.01. The second kappa shape index (κ2) is 15.7. The number of alkyl halides is 3. The Morgan fingerprint density at radius 1 is 1.10 bits per heavy atom. The number of hydrogen-bond donors (Lipinski definition) is 4. The summed E-state index contributed by atoms with van der Waals surface area (Å²) in [6.07, 6.45) is 2.92.